The molecule has 17 heteroatoms. The predicted molar refractivity (Wildman–Crippen MR) is 235 cm³/mol. The number of alkyl carbamates (subject to hydrolysis) is 1. The van der Waals surface area contributed by atoms with Crippen molar-refractivity contribution in [2.24, 2.45) is 0 Å². The van der Waals surface area contributed by atoms with Gasteiger partial charge < -0.3 is 49.7 Å². The zero-order valence-electron chi connectivity index (χ0n) is 37.0. The predicted octanol–water partition coefficient (Wildman–Crippen LogP) is 3.94. The van der Waals surface area contributed by atoms with Crippen LogP contribution in [0.3, 0.4) is 0 Å². The summed E-state index contributed by atoms with van der Waals surface area (Å²) in [7, 11) is 0. The number of esters is 1. The second kappa shape index (κ2) is 23.7. The highest BCUT2D eigenvalue weighted by molar-refractivity contribution is 5.96. The van der Waals surface area contributed by atoms with E-state index >= 15 is 0 Å². The van der Waals surface area contributed by atoms with E-state index in [1.54, 1.807) is 50.0 Å². The Hall–Kier alpha value is -6.59. The van der Waals surface area contributed by atoms with Crippen LogP contribution in [-0.4, -0.2) is 99.1 Å². The van der Waals surface area contributed by atoms with Gasteiger partial charge in [-0.05, 0) is 64.2 Å². The quantitative estimate of drug-likeness (QED) is 0.0882. The number of benzene rings is 3. The summed E-state index contributed by atoms with van der Waals surface area (Å²) in [5.41, 5.74) is 2.27. The summed E-state index contributed by atoms with van der Waals surface area (Å²) in [5.74, 6) is -3.21. The second-order valence-corrected chi connectivity index (χ2v) is 16.6. The van der Waals surface area contributed by atoms with Gasteiger partial charge in [-0.25, -0.2) is 14.6 Å². The highest BCUT2D eigenvalue weighted by Crippen LogP contribution is 2.21. The molecule has 0 spiro atoms. The van der Waals surface area contributed by atoms with Crippen molar-refractivity contribution < 1.29 is 47.7 Å². The molecule has 1 aliphatic rings. The van der Waals surface area contributed by atoms with Gasteiger partial charge in [0.25, 0.3) is 0 Å². The molecule has 3 aromatic carbocycles. The van der Waals surface area contributed by atoms with Crippen LogP contribution < -0.4 is 21.3 Å². The Morgan fingerprint density at radius 3 is 1.92 bits per heavy atom. The van der Waals surface area contributed by atoms with Crippen LogP contribution in [0.5, 0.6) is 0 Å². The molecule has 64 heavy (non-hydrogen) atoms. The van der Waals surface area contributed by atoms with Crippen LogP contribution in [0.2, 0.25) is 0 Å². The highest BCUT2D eigenvalue weighted by atomic mass is 16.6. The highest BCUT2D eigenvalue weighted by Gasteiger charge is 2.39. The first-order valence-electron chi connectivity index (χ1n) is 21.3. The molecule has 342 valence electrons. The van der Waals surface area contributed by atoms with Gasteiger partial charge in [-0.15, -0.1) is 0 Å². The summed E-state index contributed by atoms with van der Waals surface area (Å²) >= 11 is 0. The maximum atomic E-state index is 14.2. The Bertz CT molecular complexity index is 2150. The van der Waals surface area contributed by atoms with Crippen molar-refractivity contribution in [3.63, 3.8) is 0 Å². The third-order valence-electron chi connectivity index (χ3n) is 10.00. The summed E-state index contributed by atoms with van der Waals surface area (Å²) in [6.45, 7) is 8.74. The molecule has 1 fully saturated rings. The number of nitrogens with one attached hydrogen (secondary N) is 4. The number of imidazole rings is 1. The number of nitrogens with zero attached hydrogens (tertiary/aromatic N) is 3. The molecular weight excluding hydrogens is 823 g/mol. The summed E-state index contributed by atoms with van der Waals surface area (Å²) < 4.78 is 24.2. The number of carbonyl (C=O) groups excluding carboxylic acids is 6. The average molecular weight is 882 g/mol. The first kappa shape index (κ1) is 48.4. The number of ether oxygens (including phenoxy) is 4. The fourth-order valence-electron chi connectivity index (χ4n) is 6.74. The van der Waals surface area contributed by atoms with Gasteiger partial charge in [0.1, 0.15) is 49.1 Å². The standard InChI is InChI=1S/C47H59N7O10/c1-32(41(55)51-39(29-61-26-34-16-9-6-10-17-34)42(56)50-33(2)45(59)63-28-36-20-13-8-14-21-36)49-43(57)40-22-15-23-54(40)44(58)38(52-46(60)64-47(3,4)5)24-37-25-53(30-48-37)31-62-27-35-18-11-7-12-19-35/h6-14,16-21,25,30,32-33,38-40H,15,22-24,26-29,31H2,1-5H3,(H,49,57)(H,50,56)(H,51,55)(H,52,60)/t32-,33-,38-,39+,40+/m1/s1. The molecule has 2 heterocycles. The molecule has 5 atom stereocenters. The lowest BCUT2D eigenvalue weighted by Gasteiger charge is -2.30. The van der Waals surface area contributed by atoms with Gasteiger partial charge in [-0.2, -0.15) is 0 Å². The van der Waals surface area contributed by atoms with Crippen LogP contribution in [0, 0.1) is 0 Å². The Balaban J connectivity index is 1.21. The summed E-state index contributed by atoms with van der Waals surface area (Å²) in [4.78, 5) is 86.8. The molecular formula is C47H59N7O10. The molecule has 1 aliphatic heterocycles. The molecule has 4 aromatic rings. The lowest BCUT2D eigenvalue weighted by Crippen LogP contribution is -2.58. The number of aromatic nitrogens is 2. The monoisotopic (exact) mass is 881 g/mol. The largest absolute Gasteiger partial charge is 0.459 e. The first-order valence-corrected chi connectivity index (χ1v) is 21.3. The van der Waals surface area contributed by atoms with Crippen LogP contribution in [0.15, 0.2) is 104 Å². The Morgan fingerprint density at radius 1 is 0.719 bits per heavy atom. The molecule has 5 amide bonds. The van der Waals surface area contributed by atoms with E-state index in [1.807, 2.05) is 78.9 Å². The smallest absolute Gasteiger partial charge is 0.408 e. The molecule has 0 radical (unpaired) electrons. The van der Waals surface area contributed by atoms with Gasteiger partial charge in [0.05, 0.1) is 31.8 Å². The molecule has 0 unspecified atom stereocenters. The van der Waals surface area contributed by atoms with Crippen LogP contribution in [0.25, 0.3) is 0 Å². The molecule has 0 saturated carbocycles. The van der Waals surface area contributed by atoms with Crippen molar-refractivity contribution in [3.8, 4) is 0 Å². The van der Waals surface area contributed by atoms with Gasteiger partial charge in [-0.3, -0.25) is 19.2 Å². The van der Waals surface area contributed by atoms with Crippen molar-refractivity contribution in [2.75, 3.05) is 13.2 Å². The van der Waals surface area contributed by atoms with Gasteiger partial charge in [0, 0.05) is 19.2 Å². The topological polar surface area (TPSA) is 209 Å². The van der Waals surface area contributed by atoms with E-state index in [1.165, 1.54) is 18.7 Å². The minimum absolute atomic E-state index is 0.00737. The molecule has 1 aromatic heterocycles. The fraction of sp³-hybridized carbons (Fsp3) is 0.426. The third kappa shape index (κ3) is 15.6. The van der Waals surface area contributed by atoms with Crippen molar-refractivity contribution in [1.82, 2.24) is 35.7 Å². The molecule has 17 nitrogen and oxygen atoms in total. The Labute approximate surface area is 373 Å². The van der Waals surface area contributed by atoms with Gasteiger partial charge in [0.2, 0.25) is 23.6 Å². The molecule has 0 bridgehead atoms. The van der Waals surface area contributed by atoms with Crippen molar-refractivity contribution in [1.29, 1.82) is 0 Å². The first-order chi connectivity index (χ1) is 30.6. The van der Waals surface area contributed by atoms with Crippen molar-refractivity contribution >= 4 is 35.7 Å². The summed E-state index contributed by atoms with van der Waals surface area (Å²) in [6, 6.07) is 22.4. The molecule has 5 rings (SSSR count). The fourth-order valence-corrected chi connectivity index (χ4v) is 6.74. The van der Waals surface area contributed by atoms with E-state index in [9.17, 15) is 28.8 Å². The minimum Gasteiger partial charge on any atom is -0.459 e. The second-order valence-electron chi connectivity index (χ2n) is 16.6. The SMILES string of the molecule is C[C@@H](NC(=O)[C@@H]1CCCN1C(=O)[C@@H](Cc1cn(COCc2ccccc2)cn1)NC(=O)OC(C)(C)C)C(=O)N[C@@H](COCc1ccccc1)C(=O)N[C@H](C)C(=O)OCc1ccccc1. The zero-order valence-corrected chi connectivity index (χ0v) is 37.0. The normalized spacial score (nSPS) is 15.5. The summed E-state index contributed by atoms with van der Waals surface area (Å²) in [5, 5.41) is 10.6. The Morgan fingerprint density at radius 2 is 1.31 bits per heavy atom. The van der Waals surface area contributed by atoms with Gasteiger partial charge in [0.15, 0.2) is 0 Å². The number of rotatable bonds is 21. The molecule has 1 saturated heterocycles. The number of likely N-dealkylation sites (tertiary alicyclic amines) is 1. The van der Waals surface area contributed by atoms with Crippen molar-refractivity contribution in [3.05, 3.63) is 126 Å². The number of hydrogen-bond acceptors (Lipinski definition) is 11. The van der Waals surface area contributed by atoms with E-state index in [2.05, 4.69) is 26.3 Å². The van der Waals surface area contributed by atoms with Crippen LogP contribution in [-0.2, 0) is 75.9 Å². The maximum absolute atomic E-state index is 14.2. The van der Waals surface area contributed by atoms with E-state index in [4.69, 9.17) is 18.9 Å². The zero-order chi connectivity index (χ0) is 46.1. The van der Waals surface area contributed by atoms with Gasteiger partial charge >= 0.3 is 12.1 Å². The number of amides is 5. The van der Waals surface area contributed by atoms with E-state index < -0.39 is 71.5 Å². The van der Waals surface area contributed by atoms with Crippen molar-refractivity contribution in [2.45, 2.75) is 116 Å². The van der Waals surface area contributed by atoms with Crippen LogP contribution in [0.4, 0.5) is 4.79 Å². The Kier molecular flexibility index (Phi) is 18.0. The number of hydrogen-bond donors (Lipinski definition) is 4. The lowest BCUT2D eigenvalue weighted by molar-refractivity contribution is -0.149. The maximum Gasteiger partial charge on any atom is 0.408 e. The van der Waals surface area contributed by atoms with Crippen LogP contribution >= 0.6 is 0 Å². The average Bonchev–Trinajstić information content (AvgIpc) is 3.95. The summed E-state index contributed by atoms with van der Waals surface area (Å²) in [6.07, 6.45) is 3.26. The van der Waals surface area contributed by atoms with Crippen LogP contribution in [0.1, 0.15) is 69.8 Å². The van der Waals surface area contributed by atoms with Gasteiger partial charge in [-0.1, -0.05) is 91.0 Å². The molecule has 4 N–H and O–H groups in total. The van der Waals surface area contributed by atoms with E-state index in [0.717, 1.165) is 16.7 Å². The third-order valence-corrected chi connectivity index (χ3v) is 10.00. The lowest BCUT2D eigenvalue weighted by atomic mass is 10.1. The van der Waals surface area contributed by atoms with E-state index in [0.29, 0.717) is 25.1 Å². The minimum atomic E-state index is -1.26. The van der Waals surface area contributed by atoms with E-state index in [-0.39, 0.29) is 39.5 Å². The molecule has 0 aliphatic carbocycles. The number of carbonyl (C=O) groups is 6.